The van der Waals surface area contributed by atoms with E-state index in [1.165, 1.54) is 10.4 Å². The van der Waals surface area contributed by atoms with Crippen molar-refractivity contribution in [1.82, 2.24) is 25.4 Å². The van der Waals surface area contributed by atoms with Crippen LogP contribution in [0.25, 0.3) is 0 Å². The number of aliphatic imine (C=N–C) groups is 1. The van der Waals surface area contributed by atoms with Crippen LogP contribution in [0, 0.1) is 6.92 Å². The molecule has 6 nitrogen and oxygen atoms in total. The van der Waals surface area contributed by atoms with Crippen molar-refractivity contribution in [3.63, 3.8) is 0 Å². The van der Waals surface area contributed by atoms with Crippen LogP contribution in [0.4, 0.5) is 0 Å². The summed E-state index contributed by atoms with van der Waals surface area (Å²) in [6, 6.07) is 14.8. The molecule has 3 aromatic rings. The fourth-order valence-electron chi connectivity index (χ4n) is 2.82. The highest BCUT2D eigenvalue weighted by atomic mass is 127. The largest absolute Gasteiger partial charge is 0.356 e. The lowest BCUT2D eigenvalue weighted by Gasteiger charge is -2.12. The summed E-state index contributed by atoms with van der Waals surface area (Å²) in [5.74, 6) is 2.58. The molecular formula is C21H29IN6S. The number of aryl methyl sites for hydroxylation is 2. The van der Waals surface area contributed by atoms with Crippen molar-refractivity contribution in [3.05, 3.63) is 69.9 Å². The third-order valence-electron chi connectivity index (χ3n) is 4.58. The lowest BCUT2D eigenvalue weighted by Crippen LogP contribution is -2.39. The second kappa shape index (κ2) is 12.6. The van der Waals surface area contributed by atoms with Crippen molar-refractivity contribution in [3.8, 4) is 0 Å². The molecule has 8 heteroatoms. The number of hydrogen-bond acceptors (Lipinski definition) is 4. The van der Waals surface area contributed by atoms with Crippen molar-refractivity contribution in [2.24, 2.45) is 12.0 Å². The zero-order valence-corrected chi connectivity index (χ0v) is 20.1. The van der Waals surface area contributed by atoms with Crippen molar-refractivity contribution in [1.29, 1.82) is 0 Å². The number of rotatable bonds is 9. The Kier molecular flexibility index (Phi) is 10.1. The number of aromatic nitrogens is 3. The molecule has 0 fully saturated rings. The van der Waals surface area contributed by atoms with Gasteiger partial charge in [0.25, 0.3) is 0 Å². The lowest BCUT2D eigenvalue weighted by atomic mass is 10.1. The summed E-state index contributed by atoms with van der Waals surface area (Å²) in [7, 11) is 1.97. The van der Waals surface area contributed by atoms with Gasteiger partial charge in [0.1, 0.15) is 12.4 Å². The number of nitrogens with one attached hydrogen (secondary N) is 2. The number of thiophene rings is 1. The fourth-order valence-corrected chi connectivity index (χ4v) is 3.52. The minimum absolute atomic E-state index is 0. The van der Waals surface area contributed by atoms with Gasteiger partial charge in [-0.2, -0.15) is 0 Å². The van der Waals surface area contributed by atoms with E-state index in [2.05, 4.69) is 68.7 Å². The molecule has 1 aromatic carbocycles. The maximum atomic E-state index is 4.71. The van der Waals surface area contributed by atoms with Gasteiger partial charge in [0.05, 0.1) is 0 Å². The van der Waals surface area contributed by atoms with Crippen molar-refractivity contribution in [2.75, 3.05) is 13.1 Å². The molecule has 3 rings (SSSR count). The van der Waals surface area contributed by atoms with E-state index in [1.54, 1.807) is 11.3 Å². The average Bonchev–Trinajstić information content (AvgIpc) is 3.34. The third-order valence-corrected chi connectivity index (χ3v) is 5.52. The summed E-state index contributed by atoms with van der Waals surface area (Å²) in [5.41, 5.74) is 1.36. The average molecular weight is 524 g/mol. The molecule has 0 radical (unpaired) electrons. The minimum atomic E-state index is 0. The first kappa shape index (κ1) is 23.3. The standard InChI is InChI=1S/C21H28N6S.HI/c1-17-25-26-20(27(17)2)16-24-21(23-14-12-19-11-7-15-28-19)22-13-6-10-18-8-4-3-5-9-18;/h3-5,7-9,11,15H,6,10,12-14,16H2,1-2H3,(H2,22,23,24);1H. The van der Waals surface area contributed by atoms with E-state index < -0.39 is 0 Å². The van der Waals surface area contributed by atoms with E-state index in [1.807, 2.05) is 18.5 Å². The molecule has 0 aliphatic rings. The first-order valence-corrected chi connectivity index (χ1v) is 10.5. The Balaban J connectivity index is 0.00000300. The SMILES string of the molecule is Cc1nnc(CN=C(NCCCc2ccccc2)NCCc2cccs2)n1C.I. The molecule has 0 spiro atoms. The normalized spacial score (nSPS) is 11.2. The van der Waals surface area contributed by atoms with Gasteiger partial charge in [0.2, 0.25) is 0 Å². The van der Waals surface area contributed by atoms with E-state index in [0.29, 0.717) is 6.54 Å². The van der Waals surface area contributed by atoms with Gasteiger partial charge in [-0.1, -0.05) is 36.4 Å². The number of hydrogen-bond donors (Lipinski definition) is 2. The zero-order valence-electron chi connectivity index (χ0n) is 17.0. The van der Waals surface area contributed by atoms with Gasteiger partial charge in [0.15, 0.2) is 11.8 Å². The molecular weight excluding hydrogens is 495 g/mol. The first-order valence-electron chi connectivity index (χ1n) is 9.66. The second-order valence-electron chi connectivity index (χ2n) is 6.66. The molecule has 2 aromatic heterocycles. The molecule has 0 amide bonds. The van der Waals surface area contributed by atoms with Gasteiger partial charge < -0.3 is 15.2 Å². The first-order chi connectivity index (χ1) is 13.7. The molecule has 0 unspecified atom stereocenters. The summed E-state index contributed by atoms with van der Waals surface area (Å²) in [6.45, 7) is 4.17. The second-order valence-corrected chi connectivity index (χ2v) is 7.69. The van der Waals surface area contributed by atoms with Gasteiger partial charge in [-0.25, -0.2) is 4.99 Å². The number of benzene rings is 1. The maximum Gasteiger partial charge on any atom is 0.191 e. The summed E-state index contributed by atoms with van der Waals surface area (Å²) >= 11 is 1.79. The Morgan fingerprint density at radius 1 is 1.03 bits per heavy atom. The van der Waals surface area contributed by atoms with Crippen LogP contribution < -0.4 is 10.6 Å². The van der Waals surface area contributed by atoms with E-state index in [-0.39, 0.29) is 24.0 Å². The maximum absolute atomic E-state index is 4.71. The van der Waals surface area contributed by atoms with E-state index in [0.717, 1.165) is 50.0 Å². The number of halogens is 1. The predicted octanol–water partition coefficient (Wildman–Crippen LogP) is 3.71. The Morgan fingerprint density at radius 2 is 1.83 bits per heavy atom. The Hall–Kier alpha value is -1.94. The van der Waals surface area contributed by atoms with Gasteiger partial charge in [-0.15, -0.1) is 45.5 Å². The zero-order chi connectivity index (χ0) is 19.6. The van der Waals surface area contributed by atoms with Crippen LogP contribution in [0.1, 0.15) is 28.5 Å². The smallest absolute Gasteiger partial charge is 0.191 e. The van der Waals surface area contributed by atoms with Crippen molar-refractivity contribution < 1.29 is 0 Å². The van der Waals surface area contributed by atoms with Crippen LogP contribution in [0.5, 0.6) is 0 Å². The van der Waals surface area contributed by atoms with Gasteiger partial charge in [0, 0.05) is 25.0 Å². The molecule has 156 valence electrons. The monoisotopic (exact) mass is 524 g/mol. The predicted molar refractivity (Wildman–Crippen MR) is 131 cm³/mol. The Labute approximate surface area is 193 Å². The van der Waals surface area contributed by atoms with Crippen molar-refractivity contribution >= 4 is 41.3 Å². The quantitative estimate of drug-likeness (QED) is 0.194. The summed E-state index contributed by atoms with van der Waals surface area (Å²) < 4.78 is 1.97. The minimum Gasteiger partial charge on any atom is -0.356 e. The highest BCUT2D eigenvalue weighted by Crippen LogP contribution is 2.08. The van der Waals surface area contributed by atoms with Gasteiger partial charge >= 0.3 is 0 Å². The summed E-state index contributed by atoms with van der Waals surface area (Å²) in [4.78, 5) is 6.08. The highest BCUT2D eigenvalue weighted by Gasteiger charge is 2.05. The van der Waals surface area contributed by atoms with Crippen LogP contribution in [-0.4, -0.2) is 33.8 Å². The molecule has 0 saturated carbocycles. The molecule has 0 aliphatic heterocycles. The number of nitrogens with zero attached hydrogens (tertiary/aromatic N) is 4. The Bertz CT molecular complexity index is 861. The molecule has 29 heavy (non-hydrogen) atoms. The molecule has 0 aliphatic carbocycles. The fraction of sp³-hybridized carbons (Fsp3) is 0.381. The van der Waals surface area contributed by atoms with Crippen LogP contribution in [0.3, 0.4) is 0 Å². The van der Waals surface area contributed by atoms with E-state index in [9.17, 15) is 0 Å². The Morgan fingerprint density at radius 3 is 2.52 bits per heavy atom. The summed E-state index contributed by atoms with van der Waals surface area (Å²) in [5, 5.41) is 17.3. The van der Waals surface area contributed by atoms with Crippen molar-refractivity contribution in [2.45, 2.75) is 32.7 Å². The number of guanidine groups is 1. The van der Waals surface area contributed by atoms with Crippen LogP contribution in [-0.2, 0) is 26.4 Å². The third kappa shape index (κ3) is 7.77. The van der Waals surface area contributed by atoms with Gasteiger partial charge in [-0.05, 0) is 43.2 Å². The lowest BCUT2D eigenvalue weighted by molar-refractivity contribution is 0.723. The molecule has 0 saturated heterocycles. The van der Waals surface area contributed by atoms with Crippen LogP contribution >= 0.6 is 35.3 Å². The molecule has 0 atom stereocenters. The highest BCUT2D eigenvalue weighted by molar-refractivity contribution is 14.0. The summed E-state index contributed by atoms with van der Waals surface area (Å²) in [6.07, 6.45) is 3.10. The van der Waals surface area contributed by atoms with Gasteiger partial charge in [-0.3, -0.25) is 0 Å². The van der Waals surface area contributed by atoms with Crippen LogP contribution in [0.2, 0.25) is 0 Å². The van der Waals surface area contributed by atoms with E-state index in [4.69, 9.17) is 4.99 Å². The van der Waals surface area contributed by atoms with Crippen LogP contribution in [0.15, 0.2) is 52.8 Å². The topological polar surface area (TPSA) is 67.1 Å². The molecule has 2 N–H and O–H groups in total. The molecule has 2 heterocycles. The van der Waals surface area contributed by atoms with E-state index >= 15 is 0 Å². The molecule has 0 bridgehead atoms.